The Labute approximate surface area is 120 Å². The van der Waals surface area contributed by atoms with Crippen LogP contribution in [0.1, 0.15) is 36.2 Å². The fraction of sp³-hybridized carbons (Fsp3) is 0.500. The summed E-state index contributed by atoms with van der Waals surface area (Å²) in [5.41, 5.74) is -0.393. The molecule has 2 heterocycles. The summed E-state index contributed by atoms with van der Waals surface area (Å²) in [6, 6.07) is 0.631. The predicted molar refractivity (Wildman–Crippen MR) is 69.7 cm³/mol. The largest absolute Gasteiger partial charge is 0.481 e. The molecule has 0 spiro atoms. The first-order valence-corrected chi connectivity index (χ1v) is 6.79. The molecule has 114 valence electrons. The molecule has 1 N–H and O–H groups in total. The van der Waals surface area contributed by atoms with Gasteiger partial charge in [0.2, 0.25) is 0 Å². The third-order valence-corrected chi connectivity index (χ3v) is 3.58. The zero-order valence-electron chi connectivity index (χ0n) is 11.4. The molecule has 5 nitrogen and oxygen atoms in total. The third-order valence-electron chi connectivity index (χ3n) is 3.58. The summed E-state index contributed by atoms with van der Waals surface area (Å²) < 4.78 is 26.4. The van der Waals surface area contributed by atoms with Crippen LogP contribution in [0.3, 0.4) is 0 Å². The molecule has 1 aliphatic heterocycles. The monoisotopic (exact) mass is 298 g/mol. The van der Waals surface area contributed by atoms with Crippen LogP contribution in [0.25, 0.3) is 0 Å². The van der Waals surface area contributed by atoms with E-state index < -0.39 is 29.2 Å². The lowest BCUT2D eigenvalue weighted by Crippen LogP contribution is -2.40. The first-order valence-electron chi connectivity index (χ1n) is 6.79. The SMILES string of the molecule is O=C(O)CCC1CCCN(C(=O)c2ncc(F)cc2F)C1. The van der Waals surface area contributed by atoms with E-state index in [1.807, 2.05) is 0 Å². The summed E-state index contributed by atoms with van der Waals surface area (Å²) >= 11 is 0. The van der Waals surface area contributed by atoms with E-state index in [0.29, 0.717) is 25.6 Å². The summed E-state index contributed by atoms with van der Waals surface area (Å²) in [5.74, 6) is -3.17. The van der Waals surface area contributed by atoms with Crippen LogP contribution in [-0.2, 0) is 4.79 Å². The number of pyridine rings is 1. The van der Waals surface area contributed by atoms with Gasteiger partial charge < -0.3 is 10.0 Å². The third kappa shape index (κ3) is 3.96. The van der Waals surface area contributed by atoms with Gasteiger partial charge in [-0.3, -0.25) is 9.59 Å². The van der Waals surface area contributed by atoms with Gasteiger partial charge in [0.05, 0.1) is 6.20 Å². The molecule has 1 unspecified atom stereocenters. The standard InChI is InChI=1S/C14H16F2N2O3/c15-10-6-11(16)13(17-7-10)14(21)18-5-1-2-9(8-18)3-4-12(19)20/h6-7,9H,1-5,8H2,(H,19,20). The fourth-order valence-corrected chi connectivity index (χ4v) is 2.53. The van der Waals surface area contributed by atoms with Crippen molar-refractivity contribution in [3.8, 4) is 0 Å². The van der Waals surface area contributed by atoms with Crippen molar-refractivity contribution in [3.63, 3.8) is 0 Å². The second-order valence-electron chi connectivity index (χ2n) is 5.18. The van der Waals surface area contributed by atoms with Crippen LogP contribution in [0, 0.1) is 17.6 Å². The zero-order chi connectivity index (χ0) is 15.4. The van der Waals surface area contributed by atoms with E-state index in [0.717, 1.165) is 19.0 Å². The summed E-state index contributed by atoms with van der Waals surface area (Å²) in [6.45, 7) is 0.853. The highest BCUT2D eigenvalue weighted by molar-refractivity contribution is 5.92. The van der Waals surface area contributed by atoms with Gasteiger partial charge in [0.25, 0.3) is 5.91 Å². The van der Waals surface area contributed by atoms with Crippen molar-refractivity contribution in [1.82, 2.24) is 9.88 Å². The Morgan fingerprint density at radius 3 is 2.86 bits per heavy atom. The molecule has 1 aromatic rings. The van der Waals surface area contributed by atoms with E-state index in [2.05, 4.69) is 4.98 Å². The van der Waals surface area contributed by atoms with Crippen molar-refractivity contribution in [1.29, 1.82) is 0 Å². The molecule has 0 radical (unpaired) electrons. The smallest absolute Gasteiger partial charge is 0.303 e. The zero-order valence-corrected chi connectivity index (χ0v) is 11.4. The molecule has 0 aromatic carbocycles. The minimum atomic E-state index is -0.979. The number of aromatic nitrogens is 1. The molecule has 1 saturated heterocycles. The highest BCUT2D eigenvalue weighted by atomic mass is 19.1. The van der Waals surface area contributed by atoms with Gasteiger partial charge in [0.15, 0.2) is 11.5 Å². The minimum absolute atomic E-state index is 0.0514. The number of piperidine rings is 1. The Balaban J connectivity index is 2.03. The van der Waals surface area contributed by atoms with E-state index in [1.54, 1.807) is 0 Å². The maximum atomic E-state index is 13.6. The van der Waals surface area contributed by atoms with Gasteiger partial charge in [0, 0.05) is 25.6 Å². The van der Waals surface area contributed by atoms with Crippen LogP contribution in [0.4, 0.5) is 8.78 Å². The van der Waals surface area contributed by atoms with Crippen molar-refractivity contribution in [3.05, 3.63) is 29.6 Å². The lowest BCUT2D eigenvalue weighted by molar-refractivity contribution is -0.137. The van der Waals surface area contributed by atoms with Gasteiger partial charge in [-0.25, -0.2) is 13.8 Å². The Hall–Kier alpha value is -2.05. The summed E-state index contributed by atoms with van der Waals surface area (Å²) in [6.07, 6.45) is 2.92. The van der Waals surface area contributed by atoms with Crippen LogP contribution in [0.5, 0.6) is 0 Å². The average molecular weight is 298 g/mol. The van der Waals surface area contributed by atoms with Crippen LogP contribution in [0.2, 0.25) is 0 Å². The molecule has 1 amide bonds. The van der Waals surface area contributed by atoms with Crippen LogP contribution in [-0.4, -0.2) is 40.0 Å². The lowest BCUT2D eigenvalue weighted by atomic mass is 9.93. The summed E-state index contributed by atoms with van der Waals surface area (Å²) in [4.78, 5) is 27.8. The fourth-order valence-electron chi connectivity index (χ4n) is 2.53. The molecule has 1 atom stereocenters. The van der Waals surface area contributed by atoms with Gasteiger partial charge in [-0.2, -0.15) is 0 Å². The Morgan fingerprint density at radius 1 is 1.43 bits per heavy atom. The maximum Gasteiger partial charge on any atom is 0.303 e. The van der Waals surface area contributed by atoms with Crippen LogP contribution in [0.15, 0.2) is 12.3 Å². The van der Waals surface area contributed by atoms with Crippen LogP contribution < -0.4 is 0 Å². The summed E-state index contributed by atoms with van der Waals surface area (Å²) in [5, 5.41) is 8.68. The second kappa shape index (κ2) is 6.60. The highest BCUT2D eigenvalue weighted by Gasteiger charge is 2.27. The molecule has 1 aliphatic rings. The first kappa shape index (κ1) is 15.3. The van der Waals surface area contributed by atoms with Gasteiger partial charge in [-0.15, -0.1) is 0 Å². The number of carbonyl (C=O) groups is 2. The van der Waals surface area contributed by atoms with Crippen molar-refractivity contribution in [2.45, 2.75) is 25.7 Å². The molecule has 1 fully saturated rings. The molecule has 0 aliphatic carbocycles. The van der Waals surface area contributed by atoms with Crippen molar-refractivity contribution in [2.24, 2.45) is 5.92 Å². The molecule has 1 aromatic heterocycles. The number of halogens is 2. The predicted octanol–water partition coefficient (Wildman–Crippen LogP) is 2.08. The number of carbonyl (C=O) groups excluding carboxylic acids is 1. The molecular weight excluding hydrogens is 282 g/mol. The molecule has 2 rings (SSSR count). The number of aliphatic carboxylic acids is 1. The van der Waals surface area contributed by atoms with E-state index in [-0.39, 0.29) is 12.3 Å². The number of rotatable bonds is 4. The number of amides is 1. The first-order chi connectivity index (χ1) is 9.97. The number of hydrogen-bond acceptors (Lipinski definition) is 3. The lowest BCUT2D eigenvalue weighted by Gasteiger charge is -2.32. The van der Waals surface area contributed by atoms with Gasteiger partial charge in [-0.1, -0.05) is 0 Å². The van der Waals surface area contributed by atoms with E-state index in [4.69, 9.17) is 5.11 Å². The molecule has 0 bridgehead atoms. The minimum Gasteiger partial charge on any atom is -0.481 e. The topological polar surface area (TPSA) is 70.5 Å². The average Bonchev–Trinajstić information content (AvgIpc) is 2.45. The molecule has 21 heavy (non-hydrogen) atoms. The quantitative estimate of drug-likeness (QED) is 0.924. The number of carboxylic acid groups (broad SMARTS) is 1. The van der Waals surface area contributed by atoms with E-state index >= 15 is 0 Å². The molecule has 0 saturated carbocycles. The number of carboxylic acids is 1. The number of nitrogens with zero attached hydrogens (tertiary/aromatic N) is 2. The molecule has 7 heteroatoms. The summed E-state index contributed by atoms with van der Waals surface area (Å²) in [7, 11) is 0. The number of likely N-dealkylation sites (tertiary alicyclic amines) is 1. The van der Waals surface area contributed by atoms with Crippen LogP contribution >= 0.6 is 0 Å². The number of hydrogen-bond donors (Lipinski definition) is 1. The van der Waals surface area contributed by atoms with E-state index in [1.165, 1.54) is 4.90 Å². The van der Waals surface area contributed by atoms with Gasteiger partial charge >= 0.3 is 5.97 Å². The van der Waals surface area contributed by atoms with Crippen molar-refractivity contribution in [2.75, 3.05) is 13.1 Å². The van der Waals surface area contributed by atoms with Crippen molar-refractivity contribution >= 4 is 11.9 Å². The normalized spacial score (nSPS) is 18.6. The maximum absolute atomic E-state index is 13.6. The molecular formula is C14H16F2N2O3. The van der Waals surface area contributed by atoms with E-state index in [9.17, 15) is 18.4 Å². The van der Waals surface area contributed by atoms with Crippen molar-refractivity contribution < 1.29 is 23.5 Å². The Morgan fingerprint density at radius 2 is 2.19 bits per heavy atom. The Bertz CT molecular complexity index is 551. The van der Waals surface area contributed by atoms with Gasteiger partial charge in [-0.05, 0) is 25.2 Å². The Kier molecular flexibility index (Phi) is 4.82. The second-order valence-corrected chi connectivity index (χ2v) is 5.18. The highest BCUT2D eigenvalue weighted by Crippen LogP contribution is 2.22. The van der Waals surface area contributed by atoms with Gasteiger partial charge in [0.1, 0.15) is 5.82 Å².